The minimum Gasteiger partial charge on any atom is -0.497 e. The van der Waals surface area contributed by atoms with Crippen LogP contribution in [0.2, 0.25) is 0 Å². The summed E-state index contributed by atoms with van der Waals surface area (Å²) in [6.07, 6.45) is 2.81. The predicted octanol–water partition coefficient (Wildman–Crippen LogP) is 3.64. The number of amides is 1. The number of aromatic amines is 1. The van der Waals surface area contributed by atoms with Crippen LogP contribution in [0.4, 0.5) is 0 Å². The van der Waals surface area contributed by atoms with Gasteiger partial charge < -0.3 is 25.7 Å². The fraction of sp³-hybridized carbons (Fsp3) is 0.323. The van der Waals surface area contributed by atoms with Gasteiger partial charge in [-0.2, -0.15) is 0 Å². The van der Waals surface area contributed by atoms with Gasteiger partial charge in [0.2, 0.25) is 5.91 Å². The van der Waals surface area contributed by atoms with Gasteiger partial charge in [-0.25, -0.2) is 0 Å². The highest BCUT2D eigenvalue weighted by Crippen LogP contribution is 2.22. The number of carbonyl (C=O) groups excluding carboxylic acids is 1. The van der Waals surface area contributed by atoms with Crippen molar-refractivity contribution >= 4 is 16.8 Å². The van der Waals surface area contributed by atoms with Crippen LogP contribution in [-0.2, 0) is 17.8 Å². The van der Waals surface area contributed by atoms with Crippen LogP contribution in [0.25, 0.3) is 10.9 Å². The molecule has 0 spiro atoms. The van der Waals surface area contributed by atoms with E-state index in [4.69, 9.17) is 4.74 Å². The van der Waals surface area contributed by atoms with E-state index in [1.807, 2.05) is 24.3 Å². The molecule has 0 saturated carbocycles. The Labute approximate surface area is 224 Å². The van der Waals surface area contributed by atoms with E-state index in [1.54, 1.807) is 7.11 Å². The molecule has 5 rings (SSSR count). The molecule has 2 unspecified atom stereocenters. The van der Waals surface area contributed by atoms with E-state index in [0.29, 0.717) is 13.1 Å². The lowest BCUT2D eigenvalue weighted by atomic mass is 10.0. The average molecular weight is 512 g/mol. The Bertz CT molecular complexity index is 1300. The molecule has 1 aliphatic heterocycles. The highest BCUT2D eigenvalue weighted by Gasteiger charge is 2.26. The van der Waals surface area contributed by atoms with Gasteiger partial charge in [-0.15, -0.1) is 0 Å². The van der Waals surface area contributed by atoms with Gasteiger partial charge in [0.1, 0.15) is 5.75 Å². The van der Waals surface area contributed by atoms with E-state index in [0.717, 1.165) is 43.9 Å². The maximum atomic E-state index is 13.4. The first kappa shape index (κ1) is 26.0. The molecule has 2 heterocycles. The second-order valence-electron chi connectivity index (χ2n) is 9.91. The van der Waals surface area contributed by atoms with E-state index in [1.165, 1.54) is 22.1 Å². The number of H-pyrrole nitrogens is 1. The number of aromatic nitrogens is 1. The molecule has 4 aromatic rings. The third kappa shape index (κ3) is 6.61. The van der Waals surface area contributed by atoms with Crippen molar-refractivity contribution in [3.05, 3.63) is 102 Å². The molecule has 0 aliphatic carbocycles. The third-order valence-corrected chi connectivity index (χ3v) is 7.27. The molecule has 7 nitrogen and oxygen atoms in total. The van der Waals surface area contributed by atoms with Crippen molar-refractivity contribution in [1.29, 1.82) is 0 Å². The van der Waals surface area contributed by atoms with Gasteiger partial charge >= 0.3 is 0 Å². The maximum Gasteiger partial charge on any atom is 0.234 e. The molecule has 1 fully saturated rings. The molecule has 38 heavy (non-hydrogen) atoms. The van der Waals surface area contributed by atoms with E-state index in [-0.39, 0.29) is 18.0 Å². The summed E-state index contributed by atoms with van der Waals surface area (Å²) in [6, 6.07) is 27.0. The molecule has 0 bridgehead atoms. The Morgan fingerprint density at radius 1 is 1.05 bits per heavy atom. The molecule has 1 aromatic heterocycles. The minimum atomic E-state index is -0.0435. The van der Waals surface area contributed by atoms with Gasteiger partial charge in [-0.1, -0.05) is 60.7 Å². The van der Waals surface area contributed by atoms with E-state index >= 15 is 0 Å². The standard InChI is InChI=1S/C31H37N5O2/c1-38-27-13-11-23(12-14-27)18-33-20-26(17-25-19-34-29-10-6-5-9-28(25)29)35-31(37)22-36-16-15-32-21-30(36)24-7-3-2-4-8-24/h2-14,19,26,30,32-34H,15-18,20-22H2,1H3,(H,35,37). The molecule has 1 amide bonds. The van der Waals surface area contributed by atoms with Crippen molar-refractivity contribution in [2.24, 2.45) is 0 Å². The normalized spacial score (nSPS) is 16.8. The number of carbonyl (C=O) groups is 1. The highest BCUT2D eigenvalue weighted by molar-refractivity contribution is 5.83. The zero-order valence-corrected chi connectivity index (χ0v) is 22.0. The molecule has 1 aliphatic rings. The number of fused-ring (bicyclic) bond motifs is 1. The first-order chi connectivity index (χ1) is 18.7. The number of benzene rings is 3. The quantitative estimate of drug-likeness (QED) is 0.247. The summed E-state index contributed by atoms with van der Waals surface area (Å²) in [5, 5.41) is 11.6. The number of rotatable bonds is 11. The zero-order chi connectivity index (χ0) is 26.2. The number of nitrogens with one attached hydrogen (secondary N) is 4. The van der Waals surface area contributed by atoms with Gasteiger partial charge in [0.05, 0.1) is 13.7 Å². The smallest absolute Gasteiger partial charge is 0.234 e. The van der Waals surface area contributed by atoms with Crippen LogP contribution >= 0.6 is 0 Å². The summed E-state index contributed by atoms with van der Waals surface area (Å²) in [6.45, 7) is 4.34. The molecule has 0 radical (unpaired) electrons. The number of hydrogen-bond acceptors (Lipinski definition) is 5. The number of para-hydroxylation sites is 1. The monoisotopic (exact) mass is 511 g/mol. The second-order valence-corrected chi connectivity index (χ2v) is 9.91. The first-order valence-corrected chi connectivity index (χ1v) is 13.4. The van der Waals surface area contributed by atoms with Crippen LogP contribution < -0.4 is 20.7 Å². The van der Waals surface area contributed by atoms with Crippen LogP contribution in [0.1, 0.15) is 22.7 Å². The van der Waals surface area contributed by atoms with E-state index in [9.17, 15) is 4.79 Å². The number of hydrogen-bond donors (Lipinski definition) is 4. The Balaban J connectivity index is 1.25. The SMILES string of the molecule is COc1ccc(CNCC(Cc2c[nH]c3ccccc23)NC(=O)CN2CCNCC2c2ccccc2)cc1. The van der Waals surface area contributed by atoms with Crippen molar-refractivity contribution in [3.63, 3.8) is 0 Å². The highest BCUT2D eigenvalue weighted by atomic mass is 16.5. The Morgan fingerprint density at radius 2 is 1.84 bits per heavy atom. The molecular weight excluding hydrogens is 474 g/mol. The van der Waals surface area contributed by atoms with Crippen LogP contribution in [0, 0.1) is 0 Å². The van der Waals surface area contributed by atoms with Crippen molar-refractivity contribution in [3.8, 4) is 5.75 Å². The Kier molecular flexibility index (Phi) is 8.71. The van der Waals surface area contributed by atoms with Crippen LogP contribution in [0.15, 0.2) is 85.1 Å². The lowest BCUT2D eigenvalue weighted by molar-refractivity contribution is -0.123. The van der Waals surface area contributed by atoms with Gasteiger partial charge in [-0.05, 0) is 41.3 Å². The van der Waals surface area contributed by atoms with Gasteiger partial charge in [-0.3, -0.25) is 9.69 Å². The fourth-order valence-electron chi connectivity index (χ4n) is 5.27. The van der Waals surface area contributed by atoms with Crippen molar-refractivity contribution in [1.82, 2.24) is 25.8 Å². The summed E-state index contributed by atoms with van der Waals surface area (Å²) >= 11 is 0. The largest absolute Gasteiger partial charge is 0.497 e. The maximum absolute atomic E-state index is 13.4. The molecule has 1 saturated heterocycles. The third-order valence-electron chi connectivity index (χ3n) is 7.27. The zero-order valence-electron chi connectivity index (χ0n) is 22.0. The summed E-state index contributed by atoms with van der Waals surface area (Å²) in [4.78, 5) is 19.0. The molecule has 198 valence electrons. The number of nitrogens with zero attached hydrogens (tertiary/aromatic N) is 1. The Hall–Kier alpha value is -3.65. The van der Waals surface area contributed by atoms with Crippen molar-refractivity contribution in [2.75, 3.05) is 39.8 Å². The summed E-state index contributed by atoms with van der Waals surface area (Å²) in [5.41, 5.74) is 4.74. The molecular formula is C31H37N5O2. The lowest BCUT2D eigenvalue weighted by Gasteiger charge is -2.36. The predicted molar refractivity (Wildman–Crippen MR) is 152 cm³/mol. The topological polar surface area (TPSA) is 81.4 Å². The first-order valence-electron chi connectivity index (χ1n) is 13.4. The van der Waals surface area contributed by atoms with Gasteiger partial charge in [0.15, 0.2) is 0 Å². The van der Waals surface area contributed by atoms with E-state index < -0.39 is 0 Å². The number of methoxy groups -OCH3 is 1. The molecule has 4 N–H and O–H groups in total. The Morgan fingerprint density at radius 3 is 2.66 bits per heavy atom. The number of ether oxygens (including phenoxy) is 1. The van der Waals surface area contributed by atoms with Gasteiger partial charge in [0, 0.05) is 61.9 Å². The average Bonchev–Trinajstić information content (AvgIpc) is 3.37. The van der Waals surface area contributed by atoms with Crippen LogP contribution in [0.3, 0.4) is 0 Å². The minimum absolute atomic E-state index is 0.0435. The summed E-state index contributed by atoms with van der Waals surface area (Å²) in [7, 11) is 1.67. The fourth-order valence-corrected chi connectivity index (χ4v) is 5.27. The molecule has 2 atom stereocenters. The van der Waals surface area contributed by atoms with Crippen LogP contribution in [-0.4, -0.2) is 61.7 Å². The molecule has 7 heteroatoms. The summed E-state index contributed by atoms with van der Waals surface area (Å²) in [5.74, 6) is 0.906. The van der Waals surface area contributed by atoms with Crippen molar-refractivity contribution in [2.45, 2.75) is 25.0 Å². The van der Waals surface area contributed by atoms with Crippen LogP contribution in [0.5, 0.6) is 5.75 Å². The van der Waals surface area contributed by atoms with Gasteiger partial charge in [0.25, 0.3) is 0 Å². The van der Waals surface area contributed by atoms with Crippen molar-refractivity contribution < 1.29 is 9.53 Å². The van der Waals surface area contributed by atoms with E-state index in [2.05, 4.69) is 86.6 Å². The lowest BCUT2D eigenvalue weighted by Crippen LogP contribution is -2.52. The summed E-state index contributed by atoms with van der Waals surface area (Å²) < 4.78 is 5.27. The number of piperazine rings is 1. The second kappa shape index (κ2) is 12.7. The molecule has 3 aromatic carbocycles.